The lowest BCUT2D eigenvalue weighted by molar-refractivity contribution is -0.0441. The van der Waals surface area contributed by atoms with E-state index in [-0.39, 0.29) is 18.2 Å². The summed E-state index contributed by atoms with van der Waals surface area (Å²) in [6.45, 7) is 8.35. The quantitative estimate of drug-likeness (QED) is 0.132. The van der Waals surface area contributed by atoms with E-state index < -0.39 is 36.5 Å². The number of benzene rings is 3. The van der Waals surface area contributed by atoms with Gasteiger partial charge in [-0.2, -0.15) is 13.2 Å². The number of hydrogen-bond acceptors (Lipinski definition) is 8. The van der Waals surface area contributed by atoms with Gasteiger partial charge in [0, 0.05) is 52.5 Å². The van der Waals surface area contributed by atoms with E-state index in [0.29, 0.717) is 59.7 Å². The average Bonchev–Trinajstić information content (AvgIpc) is 3.09. The van der Waals surface area contributed by atoms with Crippen LogP contribution in [-0.2, 0) is 24.8 Å². The van der Waals surface area contributed by atoms with E-state index in [1.807, 2.05) is 31.7 Å². The molecule has 2 aromatic rings. The van der Waals surface area contributed by atoms with Gasteiger partial charge >= 0.3 is 21.6 Å². The van der Waals surface area contributed by atoms with Gasteiger partial charge in [-0.15, -0.1) is 0 Å². The molecule has 3 aliphatic rings. The monoisotopic (exact) mass is 751 g/mol. The molecule has 1 heterocycles. The molecule has 0 spiro atoms. The third kappa shape index (κ3) is 8.50. The van der Waals surface area contributed by atoms with Crippen molar-refractivity contribution in [3.05, 3.63) is 66.0 Å². The molecule has 2 aliphatic carbocycles. The van der Waals surface area contributed by atoms with Gasteiger partial charge in [-0.1, -0.05) is 41.6 Å². The molecule has 0 bridgehead atoms. The van der Waals surface area contributed by atoms with Gasteiger partial charge in [0.1, 0.15) is 31.0 Å². The number of amides is 1. The maximum absolute atomic E-state index is 13.4. The molecule has 0 radical (unpaired) electrons. The molecule has 1 aliphatic heterocycles. The Morgan fingerprint density at radius 1 is 0.941 bits per heavy atom. The van der Waals surface area contributed by atoms with Gasteiger partial charge in [0.15, 0.2) is 0 Å². The molecule has 276 valence electrons. The molecule has 0 atom stereocenters. The van der Waals surface area contributed by atoms with Crippen LogP contribution in [0.15, 0.2) is 70.0 Å². The van der Waals surface area contributed by atoms with E-state index in [2.05, 4.69) is 9.89 Å². The summed E-state index contributed by atoms with van der Waals surface area (Å²) in [4.78, 5) is 13.7. The van der Waals surface area contributed by atoms with Crippen molar-refractivity contribution in [1.82, 2.24) is 14.0 Å². The lowest BCUT2D eigenvalue weighted by atomic mass is 9.93. The highest BCUT2D eigenvalue weighted by molar-refractivity contribution is 8.05. The first-order valence-electron chi connectivity index (χ1n) is 16.9. The highest BCUT2D eigenvalue weighted by atomic mass is 32.3. The first-order chi connectivity index (χ1) is 24.2. The Morgan fingerprint density at radius 3 is 2.31 bits per heavy atom. The number of alkyl halides is 3. The summed E-state index contributed by atoms with van der Waals surface area (Å²) in [5.74, 6) is 0.368. The van der Waals surface area contributed by atoms with Gasteiger partial charge in [0.2, 0.25) is 5.36 Å². The molecule has 1 amide bonds. The fraction of sp³-hybridized carbons (Fsp3) is 0.429. The number of carbonyl (C=O) groups excluding carboxylic acids is 1. The summed E-state index contributed by atoms with van der Waals surface area (Å²) in [5.41, 5.74) is -4.05. The number of hydrogen-bond donors (Lipinski definition) is 2. The highest BCUT2D eigenvalue weighted by Gasteiger charge is 2.48. The lowest BCUT2D eigenvalue weighted by Crippen LogP contribution is -2.40. The van der Waals surface area contributed by atoms with Crippen LogP contribution in [0.3, 0.4) is 0 Å². The molecule has 51 heavy (non-hydrogen) atoms. The molecule has 11 nitrogen and oxygen atoms in total. The molecule has 0 saturated heterocycles. The third-order valence-electron chi connectivity index (χ3n) is 9.06. The molecule has 2 aromatic carbocycles. The van der Waals surface area contributed by atoms with Crippen molar-refractivity contribution < 1.29 is 44.0 Å². The van der Waals surface area contributed by atoms with E-state index >= 15 is 0 Å². The molecule has 1 fully saturated rings. The number of alkyl carbamates (subject to hydrolysis) is 1. The highest BCUT2D eigenvalue weighted by Crippen LogP contribution is 2.43. The van der Waals surface area contributed by atoms with Gasteiger partial charge in [-0.25, -0.2) is 26.2 Å². The van der Waals surface area contributed by atoms with E-state index in [4.69, 9.17) is 9.15 Å². The van der Waals surface area contributed by atoms with Crippen LogP contribution in [0, 0.1) is 0 Å². The van der Waals surface area contributed by atoms with Crippen molar-refractivity contribution in [3.8, 4) is 22.5 Å². The Morgan fingerprint density at radius 2 is 1.65 bits per heavy atom. The second kappa shape index (κ2) is 15.6. The van der Waals surface area contributed by atoms with E-state index in [1.54, 1.807) is 30.3 Å². The smallest absolute Gasteiger partial charge is 0.456 e. The minimum Gasteiger partial charge on any atom is -0.456 e. The third-order valence-corrected chi connectivity index (χ3v) is 12.4. The van der Waals surface area contributed by atoms with Crippen LogP contribution >= 0.6 is 0 Å². The summed E-state index contributed by atoms with van der Waals surface area (Å²) in [5, 5.41) is 4.20. The minimum absolute atomic E-state index is 0.0266. The molecule has 5 rings (SSSR count). The van der Waals surface area contributed by atoms with Gasteiger partial charge in [-0.3, -0.25) is 0 Å². The fourth-order valence-electron chi connectivity index (χ4n) is 6.46. The van der Waals surface area contributed by atoms with Gasteiger partial charge in [-0.05, 0) is 57.9 Å². The zero-order valence-corrected chi connectivity index (χ0v) is 30.3. The number of likely N-dealkylation sites (N-methyl/N-ethyl adjacent to an activating group) is 1. The first-order valence-corrected chi connectivity index (χ1v) is 19.9. The molecular formula is C35H42F3N4O7S2+. The molecule has 16 heteroatoms. The SMILES string of the molecule is CCN(CCOC(=O)NC1CCCCC1)c1ccc2c(-c3ccccc3S(=O)(=O)NS(=O)(=O)C(F)(F)F)c3ccc(=[N+](CC)CC)cc-3oc2c1. The van der Waals surface area contributed by atoms with Crippen LogP contribution in [0.2, 0.25) is 0 Å². The molecule has 0 aromatic heterocycles. The van der Waals surface area contributed by atoms with Crippen molar-refractivity contribution in [2.45, 2.75) is 69.3 Å². The number of sulfonamides is 2. The number of nitrogens with zero attached hydrogens (tertiary/aromatic N) is 2. The maximum Gasteiger partial charge on any atom is 0.512 e. The summed E-state index contributed by atoms with van der Waals surface area (Å²) in [6.07, 6.45) is 4.73. The fourth-order valence-corrected chi connectivity index (χ4v) is 9.07. The van der Waals surface area contributed by atoms with E-state index in [9.17, 15) is 34.8 Å². The van der Waals surface area contributed by atoms with Gasteiger partial charge in [0.05, 0.1) is 17.5 Å². The Kier molecular flexibility index (Phi) is 11.7. The molecule has 2 N–H and O–H groups in total. The molecular weight excluding hydrogens is 710 g/mol. The second-order valence-electron chi connectivity index (χ2n) is 12.2. The summed E-state index contributed by atoms with van der Waals surface area (Å²) < 4.78 is 105. The van der Waals surface area contributed by atoms with Crippen molar-refractivity contribution in [1.29, 1.82) is 0 Å². The Labute approximate surface area is 295 Å². The lowest BCUT2D eigenvalue weighted by Gasteiger charge is -2.25. The van der Waals surface area contributed by atoms with Crippen molar-refractivity contribution in [2.24, 2.45) is 0 Å². The van der Waals surface area contributed by atoms with Gasteiger partial charge in [0.25, 0.3) is 10.0 Å². The van der Waals surface area contributed by atoms with Crippen LogP contribution in [0.5, 0.6) is 0 Å². The Hall–Kier alpha value is -4.15. The minimum atomic E-state index is -6.25. The number of anilines is 1. The number of rotatable bonds is 12. The van der Waals surface area contributed by atoms with Crippen molar-refractivity contribution >= 4 is 42.8 Å². The van der Waals surface area contributed by atoms with Crippen LogP contribution < -0.4 is 24.3 Å². The first kappa shape index (κ1) is 38.1. The normalized spacial score (nSPS) is 14.5. The van der Waals surface area contributed by atoms with Gasteiger partial charge < -0.3 is 19.4 Å². The molecule has 0 unspecified atom stereocenters. The van der Waals surface area contributed by atoms with E-state index in [0.717, 1.165) is 41.2 Å². The van der Waals surface area contributed by atoms with Crippen molar-refractivity contribution in [3.63, 3.8) is 0 Å². The number of halogens is 3. The summed E-state index contributed by atoms with van der Waals surface area (Å²) in [7, 11) is -11.5. The van der Waals surface area contributed by atoms with Crippen LogP contribution in [-0.4, -0.2) is 67.3 Å². The molecule has 1 saturated carbocycles. The number of nitrogens with one attached hydrogen (secondary N) is 2. The second-order valence-corrected chi connectivity index (χ2v) is 15.8. The van der Waals surface area contributed by atoms with Crippen LogP contribution in [0.25, 0.3) is 33.4 Å². The predicted octanol–water partition coefficient (Wildman–Crippen LogP) is 6.03. The summed E-state index contributed by atoms with van der Waals surface area (Å²) in [6, 6.07) is 16.0. The van der Waals surface area contributed by atoms with E-state index in [1.165, 1.54) is 24.6 Å². The van der Waals surface area contributed by atoms with Crippen molar-refractivity contribution in [2.75, 3.05) is 37.7 Å². The largest absolute Gasteiger partial charge is 0.512 e. The Bertz CT molecular complexity index is 2140. The maximum atomic E-state index is 13.4. The Balaban J connectivity index is 1.60. The topological polar surface area (TPSA) is 138 Å². The number of carbonyl (C=O) groups is 1. The summed E-state index contributed by atoms with van der Waals surface area (Å²) >= 11 is 0. The zero-order chi connectivity index (χ0) is 37.0. The average molecular weight is 752 g/mol. The number of fused-ring (bicyclic) bond motifs is 2. The zero-order valence-electron chi connectivity index (χ0n) is 28.6. The van der Waals surface area contributed by atoms with Crippen LogP contribution in [0.4, 0.5) is 23.7 Å². The van der Waals surface area contributed by atoms with Crippen LogP contribution in [0.1, 0.15) is 52.9 Å². The standard InChI is InChI=1S/C35H41F3N4O7S2/c1-4-41(5-2)25-16-18-27-30(22-25)49-31-23-26(42(6-3)20-21-48-34(43)39-24-12-8-7-9-13-24)17-19-28(31)33(27)29-14-10-11-15-32(29)50(44,45)40-51(46,47)35(36,37)38/h10-11,14-19,22-24,40H,4-9,12-13,20-21H2,1-3H3/p+1. The number of ether oxygens (including phenoxy) is 1. The predicted molar refractivity (Wildman–Crippen MR) is 189 cm³/mol.